The van der Waals surface area contributed by atoms with Crippen molar-refractivity contribution < 1.29 is 5.11 Å². The SMILES string of the molecule is CC(O)N1CC=Nc2ccccc21. The first-order valence-corrected chi connectivity index (χ1v) is 4.35. The number of fused-ring (bicyclic) bond motifs is 1. The molecule has 0 saturated carbocycles. The van der Waals surface area contributed by atoms with Gasteiger partial charge in [-0.25, -0.2) is 0 Å². The molecule has 0 saturated heterocycles. The molecule has 0 fully saturated rings. The van der Waals surface area contributed by atoms with Crippen LogP contribution in [0.4, 0.5) is 11.4 Å². The van der Waals surface area contributed by atoms with Gasteiger partial charge in [0.05, 0.1) is 17.9 Å². The standard InChI is InChI=1S/C10H12N2O/c1-8(13)12-7-6-11-9-4-2-3-5-10(9)12/h2-6,8,13H,7H2,1H3. The van der Waals surface area contributed by atoms with Crippen molar-refractivity contribution in [2.75, 3.05) is 11.4 Å². The summed E-state index contributed by atoms with van der Waals surface area (Å²) in [5.41, 5.74) is 1.93. The Labute approximate surface area is 77.3 Å². The van der Waals surface area contributed by atoms with E-state index in [4.69, 9.17) is 0 Å². The highest BCUT2D eigenvalue weighted by Gasteiger charge is 2.16. The maximum Gasteiger partial charge on any atom is 0.124 e. The average Bonchev–Trinajstić information content (AvgIpc) is 2.17. The number of para-hydroxylation sites is 2. The quantitative estimate of drug-likeness (QED) is 0.704. The van der Waals surface area contributed by atoms with Gasteiger partial charge in [-0.1, -0.05) is 12.1 Å². The Kier molecular flexibility index (Phi) is 2.02. The van der Waals surface area contributed by atoms with Crippen LogP contribution in [-0.2, 0) is 0 Å². The zero-order valence-corrected chi connectivity index (χ0v) is 7.51. The molecule has 1 aliphatic heterocycles. The van der Waals surface area contributed by atoms with Gasteiger partial charge in [0.15, 0.2) is 0 Å². The minimum Gasteiger partial charge on any atom is -0.374 e. The van der Waals surface area contributed by atoms with Gasteiger partial charge in [0.25, 0.3) is 0 Å². The molecule has 0 aliphatic carbocycles. The van der Waals surface area contributed by atoms with Crippen LogP contribution in [0.1, 0.15) is 6.92 Å². The van der Waals surface area contributed by atoms with E-state index in [-0.39, 0.29) is 0 Å². The van der Waals surface area contributed by atoms with Crippen molar-refractivity contribution in [3.8, 4) is 0 Å². The fourth-order valence-corrected chi connectivity index (χ4v) is 1.50. The summed E-state index contributed by atoms with van der Waals surface area (Å²) in [6.45, 7) is 2.44. The molecule has 0 bridgehead atoms. The highest BCUT2D eigenvalue weighted by molar-refractivity contribution is 5.81. The molecule has 0 aromatic heterocycles. The van der Waals surface area contributed by atoms with E-state index in [1.54, 1.807) is 6.92 Å². The summed E-state index contributed by atoms with van der Waals surface area (Å²) in [7, 11) is 0. The van der Waals surface area contributed by atoms with E-state index in [2.05, 4.69) is 4.99 Å². The van der Waals surface area contributed by atoms with Crippen LogP contribution in [0.15, 0.2) is 29.3 Å². The number of aliphatic hydroxyl groups excluding tert-OH is 1. The second-order valence-corrected chi connectivity index (χ2v) is 3.08. The van der Waals surface area contributed by atoms with E-state index in [0.717, 1.165) is 11.4 Å². The minimum absolute atomic E-state index is 0.465. The van der Waals surface area contributed by atoms with Crippen molar-refractivity contribution >= 4 is 17.6 Å². The lowest BCUT2D eigenvalue weighted by atomic mass is 10.2. The Balaban J connectivity index is 2.43. The molecule has 0 radical (unpaired) electrons. The van der Waals surface area contributed by atoms with Gasteiger partial charge in [0.1, 0.15) is 6.23 Å². The van der Waals surface area contributed by atoms with Crippen molar-refractivity contribution in [2.24, 2.45) is 4.99 Å². The Morgan fingerprint density at radius 2 is 2.23 bits per heavy atom. The fraction of sp³-hybridized carbons (Fsp3) is 0.300. The molecule has 1 unspecified atom stereocenters. The Bertz CT molecular complexity index is 333. The molecule has 2 rings (SSSR count). The first-order valence-electron chi connectivity index (χ1n) is 4.35. The van der Waals surface area contributed by atoms with Crippen LogP contribution in [0.2, 0.25) is 0 Å². The van der Waals surface area contributed by atoms with Gasteiger partial charge in [-0.05, 0) is 19.1 Å². The smallest absolute Gasteiger partial charge is 0.124 e. The second-order valence-electron chi connectivity index (χ2n) is 3.08. The van der Waals surface area contributed by atoms with Gasteiger partial charge in [0, 0.05) is 6.21 Å². The van der Waals surface area contributed by atoms with Crippen LogP contribution in [0.5, 0.6) is 0 Å². The van der Waals surface area contributed by atoms with Crippen molar-refractivity contribution in [2.45, 2.75) is 13.2 Å². The first-order chi connectivity index (χ1) is 6.29. The van der Waals surface area contributed by atoms with Crippen molar-refractivity contribution in [1.29, 1.82) is 0 Å². The number of hydrogen-bond acceptors (Lipinski definition) is 3. The maximum absolute atomic E-state index is 9.49. The monoisotopic (exact) mass is 176 g/mol. The van der Waals surface area contributed by atoms with Gasteiger partial charge in [0.2, 0.25) is 0 Å². The van der Waals surface area contributed by atoms with Crippen LogP contribution in [0.3, 0.4) is 0 Å². The van der Waals surface area contributed by atoms with E-state index in [1.165, 1.54) is 0 Å². The molecule has 1 aromatic carbocycles. The number of hydrogen-bond donors (Lipinski definition) is 1. The van der Waals surface area contributed by atoms with Crippen molar-refractivity contribution in [3.05, 3.63) is 24.3 Å². The predicted molar refractivity (Wildman–Crippen MR) is 53.6 cm³/mol. The molecular formula is C10H12N2O. The summed E-state index contributed by atoms with van der Waals surface area (Å²) in [6, 6.07) is 7.82. The molecule has 68 valence electrons. The predicted octanol–water partition coefficient (Wildman–Crippen LogP) is 1.55. The first kappa shape index (κ1) is 8.26. The maximum atomic E-state index is 9.49. The summed E-state index contributed by atoms with van der Waals surface area (Å²) in [4.78, 5) is 6.15. The number of anilines is 1. The summed E-state index contributed by atoms with van der Waals surface area (Å²) in [6.07, 6.45) is 1.35. The number of aliphatic hydroxyl groups is 1. The van der Waals surface area contributed by atoms with Crippen molar-refractivity contribution in [3.63, 3.8) is 0 Å². The third-order valence-corrected chi connectivity index (χ3v) is 2.15. The minimum atomic E-state index is -0.465. The molecule has 3 heteroatoms. The van der Waals surface area contributed by atoms with E-state index in [0.29, 0.717) is 6.54 Å². The molecule has 1 aromatic rings. The molecule has 1 atom stereocenters. The lowest BCUT2D eigenvalue weighted by Gasteiger charge is -2.29. The number of aliphatic imine (C=N–C) groups is 1. The third kappa shape index (κ3) is 1.42. The molecule has 13 heavy (non-hydrogen) atoms. The van der Waals surface area contributed by atoms with Crippen LogP contribution in [-0.4, -0.2) is 24.1 Å². The lowest BCUT2D eigenvalue weighted by Crippen LogP contribution is -2.35. The normalized spacial score (nSPS) is 16.9. The van der Waals surface area contributed by atoms with E-state index in [1.807, 2.05) is 35.4 Å². The molecule has 0 spiro atoms. The van der Waals surface area contributed by atoms with Gasteiger partial charge in [-0.3, -0.25) is 4.99 Å². The van der Waals surface area contributed by atoms with Crippen LogP contribution >= 0.6 is 0 Å². The van der Waals surface area contributed by atoms with Gasteiger partial charge >= 0.3 is 0 Å². The Morgan fingerprint density at radius 1 is 1.46 bits per heavy atom. The summed E-state index contributed by atoms with van der Waals surface area (Å²) in [5, 5.41) is 9.49. The van der Waals surface area contributed by atoms with E-state index >= 15 is 0 Å². The number of nitrogens with zero attached hydrogens (tertiary/aromatic N) is 2. The zero-order chi connectivity index (χ0) is 9.26. The Hall–Kier alpha value is -1.35. The Morgan fingerprint density at radius 3 is 3.00 bits per heavy atom. The van der Waals surface area contributed by atoms with Crippen LogP contribution in [0, 0.1) is 0 Å². The van der Waals surface area contributed by atoms with E-state index < -0.39 is 6.23 Å². The second kappa shape index (κ2) is 3.18. The molecule has 1 aliphatic rings. The molecule has 1 heterocycles. The number of rotatable bonds is 1. The summed E-state index contributed by atoms with van der Waals surface area (Å²) in [5.74, 6) is 0. The van der Waals surface area contributed by atoms with Gasteiger partial charge in [-0.15, -0.1) is 0 Å². The summed E-state index contributed by atoms with van der Waals surface area (Å²) < 4.78 is 0. The highest BCUT2D eigenvalue weighted by atomic mass is 16.3. The summed E-state index contributed by atoms with van der Waals surface area (Å²) >= 11 is 0. The highest BCUT2D eigenvalue weighted by Crippen LogP contribution is 2.30. The number of benzene rings is 1. The lowest BCUT2D eigenvalue weighted by molar-refractivity contribution is 0.192. The third-order valence-electron chi connectivity index (χ3n) is 2.15. The zero-order valence-electron chi connectivity index (χ0n) is 7.51. The average molecular weight is 176 g/mol. The topological polar surface area (TPSA) is 35.8 Å². The van der Waals surface area contributed by atoms with Crippen LogP contribution < -0.4 is 4.90 Å². The largest absolute Gasteiger partial charge is 0.374 e. The molecule has 3 nitrogen and oxygen atoms in total. The van der Waals surface area contributed by atoms with Gasteiger partial charge in [-0.2, -0.15) is 0 Å². The molecule has 0 amide bonds. The van der Waals surface area contributed by atoms with Crippen molar-refractivity contribution in [1.82, 2.24) is 0 Å². The molecular weight excluding hydrogens is 164 g/mol. The van der Waals surface area contributed by atoms with Gasteiger partial charge < -0.3 is 10.0 Å². The van der Waals surface area contributed by atoms with E-state index in [9.17, 15) is 5.11 Å². The van der Waals surface area contributed by atoms with Crippen LogP contribution in [0.25, 0.3) is 0 Å². The fourth-order valence-electron chi connectivity index (χ4n) is 1.50. The molecule has 1 N–H and O–H groups in total.